The van der Waals surface area contributed by atoms with Gasteiger partial charge in [-0.25, -0.2) is 0 Å². The summed E-state index contributed by atoms with van der Waals surface area (Å²) >= 11 is 0. The minimum Gasteiger partial charge on any atom is -0.489 e. The maximum atomic E-state index is 9.02. The van der Waals surface area contributed by atoms with Gasteiger partial charge >= 0.3 is 0 Å². The van der Waals surface area contributed by atoms with E-state index in [0.29, 0.717) is 12.2 Å². The summed E-state index contributed by atoms with van der Waals surface area (Å²) in [5.74, 6) is 0.782. The van der Waals surface area contributed by atoms with Gasteiger partial charge in [0.15, 0.2) is 0 Å². The van der Waals surface area contributed by atoms with Gasteiger partial charge in [0.2, 0.25) is 0 Å². The molecule has 2 N–H and O–H groups in total. The van der Waals surface area contributed by atoms with E-state index < -0.39 is 0 Å². The van der Waals surface area contributed by atoms with E-state index >= 15 is 0 Å². The van der Waals surface area contributed by atoms with E-state index in [1.165, 1.54) is 0 Å². The molecule has 0 aromatic heterocycles. The topological polar surface area (TPSA) is 59.0 Å². The fraction of sp³-hybridized carbons (Fsp3) is 0.235. The van der Waals surface area contributed by atoms with Crippen LogP contribution >= 0.6 is 0 Å². The van der Waals surface area contributed by atoms with Crippen molar-refractivity contribution in [3.8, 4) is 11.8 Å². The Morgan fingerprint density at radius 1 is 1.15 bits per heavy atom. The summed E-state index contributed by atoms with van der Waals surface area (Å²) in [4.78, 5) is 0. The molecule has 0 radical (unpaired) electrons. The van der Waals surface area contributed by atoms with Crippen molar-refractivity contribution in [1.29, 1.82) is 5.26 Å². The molecule has 1 atom stereocenters. The van der Waals surface area contributed by atoms with Crippen LogP contribution in [0.3, 0.4) is 0 Å². The molecule has 2 rings (SSSR count). The Balaban J connectivity index is 2.03. The van der Waals surface area contributed by atoms with Crippen LogP contribution in [0.25, 0.3) is 0 Å². The molecule has 0 unspecified atom stereocenters. The number of hydrogen-bond donors (Lipinski definition) is 1. The summed E-state index contributed by atoms with van der Waals surface area (Å²) in [6, 6.07) is 17.5. The normalized spacial score (nSPS) is 11.7. The van der Waals surface area contributed by atoms with Gasteiger partial charge in [0, 0.05) is 11.6 Å². The van der Waals surface area contributed by atoms with E-state index in [-0.39, 0.29) is 6.04 Å². The highest BCUT2D eigenvalue weighted by Gasteiger charge is 2.04. The lowest BCUT2D eigenvalue weighted by molar-refractivity contribution is 0.306. The first kappa shape index (κ1) is 14.1. The van der Waals surface area contributed by atoms with Gasteiger partial charge in [-0.05, 0) is 30.2 Å². The van der Waals surface area contributed by atoms with E-state index in [9.17, 15) is 0 Å². The molecular weight excluding hydrogens is 248 g/mol. The van der Waals surface area contributed by atoms with Gasteiger partial charge in [-0.3, -0.25) is 0 Å². The first-order valence-corrected chi connectivity index (χ1v) is 6.71. The third-order valence-electron chi connectivity index (χ3n) is 3.28. The van der Waals surface area contributed by atoms with Gasteiger partial charge in [0.05, 0.1) is 11.6 Å². The molecule has 0 bridgehead atoms. The highest BCUT2D eigenvalue weighted by atomic mass is 16.5. The molecule has 0 saturated carbocycles. The van der Waals surface area contributed by atoms with Gasteiger partial charge in [-0.2, -0.15) is 5.26 Å². The third-order valence-corrected chi connectivity index (χ3v) is 3.28. The zero-order valence-electron chi connectivity index (χ0n) is 11.5. The number of benzene rings is 2. The van der Waals surface area contributed by atoms with Crippen LogP contribution in [0, 0.1) is 11.3 Å². The monoisotopic (exact) mass is 266 g/mol. The molecular formula is C17H18N2O. The van der Waals surface area contributed by atoms with E-state index in [4.69, 9.17) is 15.7 Å². The Bertz CT molecular complexity index is 599. The minimum atomic E-state index is 0.0726. The smallest absolute Gasteiger partial charge is 0.119 e. The van der Waals surface area contributed by atoms with Crippen LogP contribution in [0.5, 0.6) is 5.75 Å². The predicted molar refractivity (Wildman–Crippen MR) is 79.2 cm³/mol. The van der Waals surface area contributed by atoms with Gasteiger partial charge in [0.25, 0.3) is 0 Å². The average molecular weight is 266 g/mol. The zero-order chi connectivity index (χ0) is 14.4. The summed E-state index contributed by atoms with van der Waals surface area (Å²) in [6.45, 7) is 2.46. The van der Waals surface area contributed by atoms with E-state index in [2.05, 4.69) is 13.0 Å². The van der Waals surface area contributed by atoms with Crippen LogP contribution in [-0.2, 0) is 6.61 Å². The Kier molecular flexibility index (Phi) is 4.75. The molecule has 2 aromatic rings. The minimum absolute atomic E-state index is 0.0726. The molecule has 0 aliphatic carbocycles. The molecule has 3 heteroatoms. The van der Waals surface area contributed by atoms with Crippen molar-refractivity contribution < 1.29 is 4.74 Å². The number of ether oxygens (including phenoxy) is 1. The lowest BCUT2D eigenvalue weighted by atomic mass is 10.1. The Hall–Kier alpha value is -2.31. The molecule has 102 valence electrons. The number of nitrogens with two attached hydrogens (primary N) is 1. The van der Waals surface area contributed by atoms with Crippen LogP contribution in [0.15, 0.2) is 48.5 Å². The maximum absolute atomic E-state index is 9.02. The Morgan fingerprint density at radius 2 is 1.85 bits per heavy atom. The highest BCUT2D eigenvalue weighted by molar-refractivity contribution is 5.37. The van der Waals surface area contributed by atoms with Crippen molar-refractivity contribution in [1.82, 2.24) is 0 Å². The first-order chi connectivity index (χ1) is 9.74. The van der Waals surface area contributed by atoms with E-state index in [0.717, 1.165) is 23.3 Å². The molecule has 3 nitrogen and oxygen atoms in total. The van der Waals surface area contributed by atoms with Gasteiger partial charge in [0.1, 0.15) is 12.4 Å². The summed E-state index contributed by atoms with van der Waals surface area (Å²) < 4.78 is 5.71. The first-order valence-electron chi connectivity index (χ1n) is 6.71. The molecule has 0 aliphatic rings. The second-order valence-electron chi connectivity index (χ2n) is 4.64. The van der Waals surface area contributed by atoms with Gasteiger partial charge in [-0.15, -0.1) is 0 Å². The van der Waals surface area contributed by atoms with E-state index in [1.54, 1.807) is 6.07 Å². The molecule has 20 heavy (non-hydrogen) atoms. The predicted octanol–water partition coefficient (Wildman–Crippen LogP) is 3.55. The molecule has 0 saturated heterocycles. The van der Waals surface area contributed by atoms with Crippen LogP contribution in [0.2, 0.25) is 0 Å². The lowest BCUT2D eigenvalue weighted by Gasteiger charge is -2.11. The molecule has 0 aliphatic heterocycles. The second-order valence-corrected chi connectivity index (χ2v) is 4.64. The highest BCUT2D eigenvalue weighted by Crippen LogP contribution is 2.19. The third kappa shape index (κ3) is 3.37. The number of nitrogens with zero attached hydrogens (tertiary/aromatic N) is 1. The molecule has 2 aromatic carbocycles. The summed E-state index contributed by atoms with van der Waals surface area (Å²) in [5, 5.41) is 9.02. The van der Waals surface area contributed by atoms with Crippen molar-refractivity contribution in [2.45, 2.75) is 26.0 Å². The van der Waals surface area contributed by atoms with E-state index in [1.807, 2.05) is 42.5 Å². The summed E-state index contributed by atoms with van der Waals surface area (Å²) in [7, 11) is 0. The molecule has 0 heterocycles. The number of hydrogen-bond acceptors (Lipinski definition) is 3. The maximum Gasteiger partial charge on any atom is 0.119 e. The average Bonchev–Trinajstić information content (AvgIpc) is 2.53. The van der Waals surface area contributed by atoms with Crippen molar-refractivity contribution in [3.05, 3.63) is 65.2 Å². The Morgan fingerprint density at radius 3 is 2.50 bits per heavy atom. The fourth-order valence-electron chi connectivity index (χ4n) is 1.96. The van der Waals surface area contributed by atoms with Crippen LogP contribution < -0.4 is 10.5 Å². The summed E-state index contributed by atoms with van der Waals surface area (Å²) in [5.41, 5.74) is 8.62. The molecule has 0 fully saturated rings. The van der Waals surface area contributed by atoms with Gasteiger partial charge in [-0.1, -0.05) is 37.3 Å². The number of rotatable bonds is 5. The fourth-order valence-corrected chi connectivity index (χ4v) is 1.96. The van der Waals surface area contributed by atoms with Crippen molar-refractivity contribution >= 4 is 0 Å². The summed E-state index contributed by atoms with van der Waals surface area (Å²) in [6.07, 6.45) is 0.912. The zero-order valence-corrected chi connectivity index (χ0v) is 11.5. The largest absolute Gasteiger partial charge is 0.489 e. The van der Waals surface area contributed by atoms with Crippen molar-refractivity contribution in [2.24, 2.45) is 5.73 Å². The lowest BCUT2D eigenvalue weighted by Crippen LogP contribution is -2.08. The standard InChI is InChI=1S/C17H18N2O/c1-2-17(19)13-7-9-16(10-8-13)20-12-15-6-4-3-5-14(15)11-18/h3-10,17H,2,12,19H2,1H3/t17-/m0/s1. The van der Waals surface area contributed by atoms with Crippen molar-refractivity contribution in [2.75, 3.05) is 0 Å². The van der Waals surface area contributed by atoms with Crippen LogP contribution in [0.1, 0.15) is 36.1 Å². The van der Waals surface area contributed by atoms with Crippen LogP contribution in [-0.4, -0.2) is 0 Å². The quantitative estimate of drug-likeness (QED) is 0.900. The second kappa shape index (κ2) is 6.74. The Labute approximate surface area is 119 Å². The number of nitriles is 1. The van der Waals surface area contributed by atoms with Crippen molar-refractivity contribution in [3.63, 3.8) is 0 Å². The SMILES string of the molecule is CC[C@H](N)c1ccc(OCc2ccccc2C#N)cc1. The molecule has 0 spiro atoms. The molecule has 0 amide bonds. The van der Waals surface area contributed by atoms with Gasteiger partial charge < -0.3 is 10.5 Å². The van der Waals surface area contributed by atoms with Crippen LogP contribution in [0.4, 0.5) is 0 Å².